The summed E-state index contributed by atoms with van der Waals surface area (Å²) >= 11 is 0. The third-order valence-electron chi connectivity index (χ3n) is 2.27. The lowest BCUT2D eigenvalue weighted by Crippen LogP contribution is -2.01. The Bertz CT molecular complexity index is 628. The normalized spacial score (nSPS) is 9.59. The maximum absolute atomic E-state index is 9.00. The smallest absolute Gasteiger partial charge is 0.177 e. The van der Waals surface area contributed by atoms with Crippen LogP contribution >= 0.6 is 0 Å². The number of pyridine rings is 1. The van der Waals surface area contributed by atoms with E-state index in [1.165, 1.54) is 10.9 Å². The van der Waals surface area contributed by atoms with E-state index in [1.807, 2.05) is 12.1 Å². The van der Waals surface area contributed by atoms with Crippen molar-refractivity contribution in [2.75, 3.05) is 0 Å². The Labute approximate surface area is 97.6 Å². The highest BCUT2D eigenvalue weighted by Crippen LogP contribution is 2.14. The van der Waals surface area contributed by atoms with Gasteiger partial charge in [0.25, 0.3) is 0 Å². The molecule has 82 valence electrons. The van der Waals surface area contributed by atoms with Gasteiger partial charge in [0.05, 0.1) is 11.9 Å². The van der Waals surface area contributed by atoms with E-state index in [9.17, 15) is 0 Å². The number of imidazole rings is 1. The van der Waals surface area contributed by atoms with Gasteiger partial charge in [-0.15, -0.1) is 0 Å². The van der Waals surface area contributed by atoms with Gasteiger partial charge in [0.15, 0.2) is 11.4 Å². The van der Waals surface area contributed by atoms with Crippen molar-refractivity contribution in [1.82, 2.24) is 14.5 Å². The molecule has 0 bridgehead atoms. The Morgan fingerprint density at radius 1 is 1.29 bits per heavy atom. The number of hydrogen-bond donors (Lipinski definition) is 1. The standard InChI is InChI=1S/C11H8N6/c12-2-8-1-9(6-15-5-8)17-7-16-10(3-13)11(17)4-14/h1,5-7H,2,12H2. The Morgan fingerprint density at radius 2 is 2.12 bits per heavy atom. The Balaban J connectivity index is 2.58. The van der Waals surface area contributed by atoms with Crippen molar-refractivity contribution in [1.29, 1.82) is 10.5 Å². The quantitative estimate of drug-likeness (QED) is 0.798. The molecule has 0 unspecified atom stereocenters. The molecule has 6 nitrogen and oxygen atoms in total. The molecule has 0 radical (unpaired) electrons. The molecule has 0 aliphatic heterocycles. The molecule has 0 atom stereocenters. The van der Waals surface area contributed by atoms with E-state index in [0.717, 1.165) is 5.56 Å². The van der Waals surface area contributed by atoms with E-state index >= 15 is 0 Å². The van der Waals surface area contributed by atoms with E-state index < -0.39 is 0 Å². The number of nitrogens with zero attached hydrogens (tertiary/aromatic N) is 5. The number of nitriles is 2. The van der Waals surface area contributed by atoms with Crippen LogP contribution < -0.4 is 5.73 Å². The van der Waals surface area contributed by atoms with Crippen molar-refractivity contribution < 1.29 is 0 Å². The summed E-state index contributed by atoms with van der Waals surface area (Å²) in [5.74, 6) is 0. The summed E-state index contributed by atoms with van der Waals surface area (Å²) in [6.07, 6.45) is 4.66. The van der Waals surface area contributed by atoms with Crippen LogP contribution in [0.25, 0.3) is 5.69 Å². The fourth-order valence-electron chi connectivity index (χ4n) is 1.45. The maximum Gasteiger partial charge on any atom is 0.177 e. The molecule has 0 aliphatic rings. The van der Waals surface area contributed by atoms with Gasteiger partial charge in [-0.2, -0.15) is 10.5 Å². The molecule has 2 rings (SSSR count). The lowest BCUT2D eigenvalue weighted by Gasteiger charge is -2.04. The minimum absolute atomic E-state index is 0.102. The fourth-order valence-corrected chi connectivity index (χ4v) is 1.45. The first-order chi connectivity index (χ1) is 8.30. The molecule has 0 saturated heterocycles. The zero-order valence-corrected chi connectivity index (χ0v) is 8.83. The van der Waals surface area contributed by atoms with Gasteiger partial charge in [0.1, 0.15) is 18.5 Å². The van der Waals surface area contributed by atoms with Gasteiger partial charge in [-0.25, -0.2) is 4.98 Å². The number of nitrogens with two attached hydrogens (primary N) is 1. The monoisotopic (exact) mass is 224 g/mol. The summed E-state index contributed by atoms with van der Waals surface area (Å²) in [4.78, 5) is 7.88. The lowest BCUT2D eigenvalue weighted by molar-refractivity contribution is 0.985. The van der Waals surface area contributed by atoms with Gasteiger partial charge in [-0.3, -0.25) is 9.55 Å². The van der Waals surface area contributed by atoms with Crippen molar-refractivity contribution in [2.45, 2.75) is 6.54 Å². The molecule has 0 fully saturated rings. The number of hydrogen-bond acceptors (Lipinski definition) is 5. The number of rotatable bonds is 2. The van der Waals surface area contributed by atoms with Crippen LogP contribution in [0, 0.1) is 22.7 Å². The van der Waals surface area contributed by atoms with E-state index in [0.29, 0.717) is 12.2 Å². The third-order valence-corrected chi connectivity index (χ3v) is 2.27. The highest BCUT2D eigenvalue weighted by atomic mass is 15.1. The van der Waals surface area contributed by atoms with Gasteiger partial charge in [-0.1, -0.05) is 0 Å². The van der Waals surface area contributed by atoms with Crippen LogP contribution in [0.2, 0.25) is 0 Å². The molecule has 2 aromatic heterocycles. The zero-order chi connectivity index (χ0) is 12.3. The number of aromatic nitrogens is 3. The average Bonchev–Trinajstić information content (AvgIpc) is 2.81. The van der Waals surface area contributed by atoms with Gasteiger partial charge in [0.2, 0.25) is 0 Å². The predicted molar refractivity (Wildman–Crippen MR) is 58.7 cm³/mol. The second-order valence-corrected chi connectivity index (χ2v) is 3.29. The highest BCUT2D eigenvalue weighted by Gasteiger charge is 2.11. The lowest BCUT2D eigenvalue weighted by atomic mass is 10.2. The SMILES string of the molecule is N#Cc1ncn(-c2cncc(CN)c2)c1C#N. The minimum atomic E-state index is 0.102. The van der Waals surface area contributed by atoms with Crippen molar-refractivity contribution >= 4 is 0 Å². The molecule has 2 heterocycles. The van der Waals surface area contributed by atoms with Crippen molar-refractivity contribution in [2.24, 2.45) is 5.73 Å². The third kappa shape index (κ3) is 1.85. The van der Waals surface area contributed by atoms with E-state index in [4.69, 9.17) is 16.3 Å². The molecule has 0 aromatic carbocycles. The molecule has 17 heavy (non-hydrogen) atoms. The molecule has 2 N–H and O–H groups in total. The summed E-state index contributed by atoms with van der Waals surface area (Å²) in [6, 6.07) is 5.62. The summed E-state index contributed by atoms with van der Waals surface area (Å²) in [6.45, 7) is 0.364. The maximum atomic E-state index is 9.00. The van der Waals surface area contributed by atoms with Crippen LogP contribution in [-0.2, 0) is 6.54 Å². The molecule has 0 amide bonds. The predicted octanol–water partition coefficient (Wildman–Crippen LogP) is 0.469. The van der Waals surface area contributed by atoms with Gasteiger partial charge < -0.3 is 5.73 Å². The van der Waals surface area contributed by atoms with Crippen LogP contribution in [0.15, 0.2) is 24.8 Å². The Hall–Kier alpha value is -2.70. The van der Waals surface area contributed by atoms with Crippen LogP contribution in [-0.4, -0.2) is 14.5 Å². The summed E-state index contributed by atoms with van der Waals surface area (Å²) in [7, 11) is 0. The fraction of sp³-hybridized carbons (Fsp3) is 0.0909. The zero-order valence-electron chi connectivity index (χ0n) is 8.83. The largest absolute Gasteiger partial charge is 0.326 e. The molecular formula is C11H8N6. The van der Waals surface area contributed by atoms with Gasteiger partial charge in [0, 0.05) is 12.7 Å². The van der Waals surface area contributed by atoms with E-state index in [1.54, 1.807) is 18.5 Å². The van der Waals surface area contributed by atoms with Gasteiger partial charge >= 0.3 is 0 Å². The second-order valence-electron chi connectivity index (χ2n) is 3.29. The van der Waals surface area contributed by atoms with Crippen molar-refractivity contribution in [3.63, 3.8) is 0 Å². The van der Waals surface area contributed by atoms with Crippen LogP contribution in [0.1, 0.15) is 17.0 Å². The average molecular weight is 224 g/mol. The highest BCUT2D eigenvalue weighted by molar-refractivity contribution is 5.44. The molecular weight excluding hydrogens is 216 g/mol. The molecule has 0 saturated carbocycles. The summed E-state index contributed by atoms with van der Waals surface area (Å²) in [5, 5.41) is 17.8. The molecule has 2 aromatic rings. The van der Waals surface area contributed by atoms with Crippen LogP contribution in [0.3, 0.4) is 0 Å². The molecule has 0 aliphatic carbocycles. The Morgan fingerprint density at radius 3 is 2.76 bits per heavy atom. The molecule has 0 spiro atoms. The van der Waals surface area contributed by atoms with Crippen LogP contribution in [0.5, 0.6) is 0 Å². The second kappa shape index (κ2) is 4.44. The first-order valence-electron chi connectivity index (χ1n) is 4.82. The van der Waals surface area contributed by atoms with Crippen molar-refractivity contribution in [3.8, 4) is 17.8 Å². The van der Waals surface area contributed by atoms with Crippen LogP contribution in [0.4, 0.5) is 0 Å². The molecule has 6 heteroatoms. The minimum Gasteiger partial charge on any atom is -0.326 e. The Kier molecular flexibility index (Phi) is 2.82. The van der Waals surface area contributed by atoms with Gasteiger partial charge in [-0.05, 0) is 11.6 Å². The first-order valence-corrected chi connectivity index (χ1v) is 4.82. The summed E-state index contributed by atoms with van der Waals surface area (Å²) in [5.41, 5.74) is 7.33. The summed E-state index contributed by atoms with van der Waals surface area (Å²) < 4.78 is 1.52. The van der Waals surface area contributed by atoms with E-state index in [-0.39, 0.29) is 11.4 Å². The topological polar surface area (TPSA) is 104 Å². The first kappa shape index (κ1) is 10.8. The van der Waals surface area contributed by atoms with Crippen molar-refractivity contribution in [3.05, 3.63) is 41.7 Å². The van der Waals surface area contributed by atoms with E-state index in [2.05, 4.69) is 9.97 Å².